The van der Waals surface area contributed by atoms with Gasteiger partial charge in [-0.1, -0.05) is 0 Å². The smallest absolute Gasteiger partial charge is 0.394 e. The molecule has 2 aromatic heterocycles. The van der Waals surface area contributed by atoms with Crippen LogP contribution in [0.1, 0.15) is 6.23 Å². The molecule has 127 valence electrons. The van der Waals surface area contributed by atoms with Crippen molar-refractivity contribution in [1.29, 1.82) is 0 Å². The molecule has 12 nitrogen and oxygen atoms in total. The molecule has 0 spiro atoms. The summed E-state index contributed by atoms with van der Waals surface area (Å²) < 4.78 is 22.1. The van der Waals surface area contributed by atoms with Gasteiger partial charge in [0.05, 0.1) is 19.3 Å². The zero-order valence-corrected chi connectivity index (χ0v) is 15.3. The first kappa shape index (κ1) is 19.7. The first-order chi connectivity index (χ1) is 10.8. The van der Waals surface area contributed by atoms with Gasteiger partial charge < -0.3 is 29.7 Å². The fourth-order valence-electron chi connectivity index (χ4n) is 2.43. The Hall–Kier alpha value is -0.660. The molecule has 3 rings (SSSR count). The molecule has 0 amide bonds. The van der Waals surface area contributed by atoms with Crippen LogP contribution in [0.3, 0.4) is 0 Å². The molecule has 14 heteroatoms. The predicted molar refractivity (Wildman–Crippen MR) is 77.8 cm³/mol. The van der Waals surface area contributed by atoms with Gasteiger partial charge in [-0.05, 0) is 0 Å². The molecule has 0 saturated carbocycles. The SMILES string of the molecule is O=c1[nH]cnc2c1ncn2C1OC(CO)C(OP(=O)(O)O)C1O.[Na]. The number of phosphoric acid groups is 1. The molecule has 24 heavy (non-hydrogen) atoms. The van der Waals surface area contributed by atoms with E-state index < -0.39 is 44.5 Å². The number of aliphatic hydroxyl groups is 2. The van der Waals surface area contributed by atoms with Crippen LogP contribution in [0, 0.1) is 0 Å². The molecule has 0 aliphatic carbocycles. The predicted octanol–water partition coefficient (Wildman–Crippen LogP) is -2.53. The summed E-state index contributed by atoms with van der Waals surface area (Å²) in [6.07, 6.45) is -3.04. The normalized spacial score (nSPS) is 27.3. The van der Waals surface area contributed by atoms with E-state index in [1.807, 2.05) is 0 Å². The van der Waals surface area contributed by atoms with Crippen LogP contribution in [0.25, 0.3) is 11.2 Å². The maximum atomic E-state index is 11.6. The Kier molecular flexibility index (Phi) is 5.98. The van der Waals surface area contributed by atoms with Crippen LogP contribution in [0.15, 0.2) is 17.4 Å². The van der Waals surface area contributed by atoms with E-state index in [2.05, 4.69) is 19.5 Å². The molecular weight excluding hydrogens is 358 g/mol. The van der Waals surface area contributed by atoms with E-state index in [1.165, 1.54) is 10.9 Å². The molecule has 0 bridgehead atoms. The van der Waals surface area contributed by atoms with E-state index in [9.17, 15) is 19.6 Å². The minimum absolute atomic E-state index is 0. The van der Waals surface area contributed by atoms with Crippen molar-refractivity contribution in [2.75, 3.05) is 6.61 Å². The molecule has 1 fully saturated rings. The van der Waals surface area contributed by atoms with E-state index in [0.29, 0.717) is 0 Å². The third-order valence-electron chi connectivity index (χ3n) is 3.39. The van der Waals surface area contributed by atoms with Crippen molar-refractivity contribution < 1.29 is 33.8 Å². The molecule has 4 unspecified atom stereocenters. The molecule has 4 atom stereocenters. The van der Waals surface area contributed by atoms with Crippen molar-refractivity contribution in [3.05, 3.63) is 23.0 Å². The number of imidazole rings is 1. The van der Waals surface area contributed by atoms with Crippen molar-refractivity contribution in [3.8, 4) is 0 Å². The fourth-order valence-corrected chi connectivity index (χ4v) is 3.01. The van der Waals surface area contributed by atoms with Crippen LogP contribution >= 0.6 is 7.82 Å². The third kappa shape index (κ3) is 3.63. The van der Waals surface area contributed by atoms with Crippen molar-refractivity contribution in [3.63, 3.8) is 0 Å². The van der Waals surface area contributed by atoms with E-state index in [0.717, 1.165) is 6.33 Å². The minimum Gasteiger partial charge on any atom is -0.394 e. The van der Waals surface area contributed by atoms with Crippen LogP contribution in [0.5, 0.6) is 0 Å². The number of H-pyrrole nitrogens is 1. The van der Waals surface area contributed by atoms with Gasteiger partial charge in [0.25, 0.3) is 5.56 Å². The van der Waals surface area contributed by atoms with Crippen LogP contribution in [0.2, 0.25) is 0 Å². The molecule has 1 radical (unpaired) electrons. The minimum atomic E-state index is -4.91. The first-order valence-corrected chi connectivity index (χ1v) is 7.93. The summed E-state index contributed by atoms with van der Waals surface area (Å²) in [6, 6.07) is 0. The van der Waals surface area contributed by atoms with Crippen molar-refractivity contribution in [2.45, 2.75) is 24.5 Å². The van der Waals surface area contributed by atoms with Gasteiger partial charge in [-0.25, -0.2) is 14.5 Å². The van der Waals surface area contributed by atoms with Crippen molar-refractivity contribution in [1.82, 2.24) is 19.5 Å². The summed E-state index contributed by atoms with van der Waals surface area (Å²) in [5.41, 5.74) is -0.391. The Morgan fingerprint density at radius 1 is 1.42 bits per heavy atom. The Labute approximate surface area is 156 Å². The molecule has 1 aliphatic rings. The molecule has 0 aromatic carbocycles. The number of rotatable bonds is 4. The number of aliphatic hydroxyl groups excluding tert-OH is 2. The molecular formula is C10H13N4NaO8P. The molecule has 1 aliphatic heterocycles. The number of hydrogen-bond donors (Lipinski definition) is 5. The van der Waals surface area contributed by atoms with Gasteiger partial charge in [0.2, 0.25) is 0 Å². The van der Waals surface area contributed by atoms with Gasteiger partial charge in [-0.3, -0.25) is 13.9 Å². The van der Waals surface area contributed by atoms with E-state index >= 15 is 0 Å². The van der Waals surface area contributed by atoms with Crippen LogP contribution in [-0.2, 0) is 13.8 Å². The Bertz CT molecular complexity index is 821. The zero-order valence-electron chi connectivity index (χ0n) is 12.4. The number of hydrogen-bond acceptors (Lipinski definition) is 8. The number of fused-ring (bicyclic) bond motifs is 1. The summed E-state index contributed by atoms with van der Waals surface area (Å²) in [7, 11) is -4.91. The fraction of sp³-hybridized carbons (Fsp3) is 0.500. The Morgan fingerprint density at radius 2 is 2.12 bits per heavy atom. The second-order valence-corrected chi connectivity index (χ2v) is 6.05. The average molecular weight is 371 g/mol. The summed E-state index contributed by atoms with van der Waals surface area (Å²) >= 11 is 0. The number of aromatic nitrogens is 4. The summed E-state index contributed by atoms with van der Waals surface area (Å²) in [4.78, 5) is 39.5. The summed E-state index contributed by atoms with van der Waals surface area (Å²) in [5.74, 6) is 0. The van der Waals surface area contributed by atoms with Gasteiger partial charge in [-0.15, -0.1) is 0 Å². The number of ether oxygens (including phenoxy) is 1. The standard InChI is InChI=1S/C10H13N4O8P.Na/c15-1-4-7(22-23(18,19)20)6(16)10(21-4)14-3-13-5-8(14)11-2-12-9(5)17;/h2-4,6-7,10,15-16H,1H2,(H,11,12,17)(H2,18,19,20);. The zero-order chi connectivity index (χ0) is 16.8. The van der Waals surface area contributed by atoms with Gasteiger partial charge in [0.1, 0.15) is 18.3 Å². The number of nitrogens with zero attached hydrogens (tertiary/aromatic N) is 3. The number of nitrogens with one attached hydrogen (secondary N) is 1. The molecule has 2 aromatic rings. The van der Waals surface area contributed by atoms with Gasteiger partial charge in [0.15, 0.2) is 17.4 Å². The van der Waals surface area contributed by atoms with Crippen LogP contribution < -0.4 is 5.56 Å². The van der Waals surface area contributed by atoms with E-state index in [-0.39, 0.29) is 40.7 Å². The average Bonchev–Trinajstić information content (AvgIpc) is 3.01. The Balaban J connectivity index is 0.00000208. The summed E-state index contributed by atoms with van der Waals surface area (Å²) in [5, 5.41) is 19.5. The van der Waals surface area contributed by atoms with Gasteiger partial charge >= 0.3 is 7.82 Å². The second-order valence-electron chi connectivity index (χ2n) is 4.85. The maximum absolute atomic E-state index is 11.6. The van der Waals surface area contributed by atoms with Crippen LogP contribution in [-0.4, -0.2) is 94.0 Å². The van der Waals surface area contributed by atoms with Gasteiger partial charge in [0, 0.05) is 29.6 Å². The van der Waals surface area contributed by atoms with Crippen LogP contribution in [0.4, 0.5) is 0 Å². The van der Waals surface area contributed by atoms with Crippen molar-refractivity contribution in [2.24, 2.45) is 0 Å². The van der Waals surface area contributed by atoms with Gasteiger partial charge in [-0.2, -0.15) is 0 Å². The first-order valence-electron chi connectivity index (χ1n) is 6.40. The maximum Gasteiger partial charge on any atom is 0.470 e. The van der Waals surface area contributed by atoms with E-state index in [4.69, 9.17) is 14.5 Å². The monoisotopic (exact) mass is 371 g/mol. The topological polar surface area (TPSA) is 180 Å². The largest absolute Gasteiger partial charge is 0.470 e. The molecule has 1 saturated heterocycles. The molecule has 3 heterocycles. The summed E-state index contributed by atoms with van der Waals surface area (Å²) in [6.45, 7) is -0.640. The third-order valence-corrected chi connectivity index (χ3v) is 3.91. The molecule has 5 N–H and O–H groups in total. The quantitative estimate of drug-likeness (QED) is 0.284. The number of aromatic amines is 1. The van der Waals surface area contributed by atoms with Crippen molar-refractivity contribution >= 4 is 48.5 Å². The van der Waals surface area contributed by atoms with E-state index in [1.54, 1.807) is 0 Å². The number of phosphoric ester groups is 1. The second kappa shape index (κ2) is 7.30. The Morgan fingerprint density at radius 3 is 2.75 bits per heavy atom.